The van der Waals surface area contributed by atoms with Gasteiger partial charge in [-0.2, -0.15) is 0 Å². The molecule has 5 heteroatoms. The number of fused-ring (bicyclic) bond motifs is 1. The van der Waals surface area contributed by atoms with E-state index < -0.39 is 16.6 Å². The molecule has 1 fully saturated rings. The molecule has 146 valence electrons. The van der Waals surface area contributed by atoms with Crippen molar-refractivity contribution in [1.29, 1.82) is 0 Å². The van der Waals surface area contributed by atoms with Crippen LogP contribution in [0.1, 0.15) is 48.0 Å². The smallest absolute Gasteiger partial charge is 0.192 e. The third kappa shape index (κ3) is 4.49. The largest absolute Gasteiger partial charge is 0.410 e. The molecule has 0 radical (unpaired) electrons. The molecule has 1 saturated heterocycles. The molecular weight excluding hydrogens is 342 g/mol. The van der Waals surface area contributed by atoms with Gasteiger partial charge in [0.15, 0.2) is 16.6 Å². The van der Waals surface area contributed by atoms with Gasteiger partial charge in [-0.25, -0.2) is 0 Å². The van der Waals surface area contributed by atoms with Gasteiger partial charge in [-0.3, -0.25) is 4.90 Å². The predicted octanol–water partition coefficient (Wildman–Crippen LogP) is 5.41. The molecule has 0 unspecified atom stereocenters. The van der Waals surface area contributed by atoms with Crippen LogP contribution in [0, 0.1) is 0 Å². The fourth-order valence-electron chi connectivity index (χ4n) is 3.15. The van der Waals surface area contributed by atoms with E-state index in [-0.39, 0.29) is 22.3 Å². The first-order valence-corrected chi connectivity index (χ1v) is 15.7. The Morgan fingerprint density at radius 2 is 1.40 bits per heavy atom. The lowest BCUT2D eigenvalue weighted by Crippen LogP contribution is -2.53. The Morgan fingerprint density at radius 3 is 1.92 bits per heavy atom. The molecule has 3 atom stereocenters. The Kier molecular flexibility index (Phi) is 5.89. The Labute approximate surface area is 158 Å². The van der Waals surface area contributed by atoms with Gasteiger partial charge in [-0.05, 0) is 42.7 Å². The lowest BCUT2D eigenvalue weighted by atomic mass is 10.1. The van der Waals surface area contributed by atoms with Gasteiger partial charge in [0.1, 0.15) is 0 Å². The predicted molar refractivity (Wildman–Crippen MR) is 113 cm³/mol. The van der Waals surface area contributed by atoms with Gasteiger partial charge in [0.25, 0.3) is 0 Å². The second kappa shape index (κ2) is 6.90. The maximum Gasteiger partial charge on any atom is 0.192 e. The van der Waals surface area contributed by atoms with Crippen molar-refractivity contribution in [3.63, 3.8) is 0 Å². The highest BCUT2D eigenvalue weighted by molar-refractivity contribution is 6.74. The van der Waals surface area contributed by atoms with Crippen LogP contribution in [-0.4, -0.2) is 52.9 Å². The van der Waals surface area contributed by atoms with Gasteiger partial charge < -0.3 is 8.85 Å². The van der Waals surface area contributed by atoms with E-state index in [0.717, 1.165) is 19.5 Å². The summed E-state index contributed by atoms with van der Waals surface area (Å²) in [5.74, 6) is 0. The first-order chi connectivity index (χ1) is 11.2. The summed E-state index contributed by atoms with van der Waals surface area (Å²) in [5, 5.41) is 0.452. The van der Waals surface area contributed by atoms with Crippen LogP contribution in [0.4, 0.5) is 0 Å². The second-order valence-electron chi connectivity index (χ2n) is 11.0. The number of hydrogen-bond acceptors (Lipinski definition) is 3. The molecule has 3 nitrogen and oxygen atoms in total. The molecule has 0 N–H and O–H groups in total. The molecule has 2 heterocycles. The van der Waals surface area contributed by atoms with Gasteiger partial charge in [-0.15, -0.1) is 0 Å². The average Bonchev–Trinajstić information content (AvgIpc) is 2.73. The van der Waals surface area contributed by atoms with Crippen LogP contribution < -0.4 is 0 Å². The summed E-state index contributed by atoms with van der Waals surface area (Å²) in [6.45, 7) is 25.6. The minimum Gasteiger partial charge on any atom is -0.410 e. The summed E-state index contributed by atoms with van der Waals surface area (Å²) in [6, 6.07) is 0.387. The second-order valence-corrected chi connectivity index (χ2v) is 20.5. The molecule has 2 aliphatic rings. The first kappa shape index (κ1) is 21.4. The van der Waals surface area contributed by atoms with Crippen LogP contribution in [0.2, 0.25) is 36.3 Å². The van der Waals surface area contributed by atoms with Crippen LogP contribution in [-0.2, 0) is 8.85 Å². The Bertz CT molecular complexity index is 503. The van der Waals surface area contributed by atoms with Crippen LogP contribution in [0.3, 0.4) is 0 Å². The van der Waals surface area contributed by atoms with Gasteiger partial charge in [-0.1, -0.05) is 53.7 Å². The summed E-state index contributed by atoms with van der Waals surface area (Å²) in [6.07, 6.45) is 6.22. The molecule has 25 heavy (non-hydrogen) atoms. The zero-order valence-electron chi connectivity index (χ0n) is 18.3. The molecule has 2 aliphatic heterocycles. The summed E-state index contributed by atoms with van der Waals surface area (Å²) < 4.78 is 13.8. The lowest BCUT2D eigenvalue weighted by Gasteiger charge is -2.44. The fraction of sp³-hybridized carbons (Fsp3) is 0.900. The van der Waals surface area contributed by atoms with Crippen LogP contribution >= 0.6 is 0 Å². The van der Waals surface area contributed by atoms with E-state index in [1.165, 1.54) is 0 Å². The van der Waals surface area contributed by atoms with Gasteiger partial charge >= 0.3 is 0 Å². The van der Waals surface area contributed by atoms with Crippen molar-refractivity contribution in [3.8, 4) is 0 Å². The Balaban J connectivity index is 2.27. The monoisotopic (exact) mass is 383 g/mol. The normalized spacial score (nSPS) is 29.1. The van der Waals surface area contributed by atoms with E-state index in [0.29, 0.717) is 6.04 Å². The van der Waals surface area contributed by atoms with E-state index >= 15 is 0 Å². The highest BCUT2D eigenvalue weighted by Gasteiger charge is 2.51. The molecule has 0 spiro atoms. The topological polar surface area (TPSA) is 21.7 Å². The number of hydrogen-bond donors (Lipinski definition) is 0. The fourth-order valence-corrected chi connectivity index (χ4v) is 5.80. The van der Waals surface area contributed by atoms with Crippen molar-refractivity contribution in [1.82, 2.24) is 4.90 Å². The maximum atomic E-state index is 6.95. The SMILES string of the molecule is CC(C)(C)[Si](C)(C)O[C@H]1[C@H]2C=CCCN2C[C@H]1O[Si](C)(C)C(C)(C)C. The van der Waals surface area contributed by atoms with Gasteiger partial charge in [0, 0.05) is 13.1 Å². The van der Waals surface area contributed by atoms with Gasteiger partial charge in [0.2, 0.25) is 0 Å². The standard InChI is InChI=1S/C20H41NO2Si2/c1-19(2,3)24(7,8)22-17-15-21-14-12-11-13-16(21)18(17)23-25(9,10)20(4,5)6/h11,13,16-18H,12,14-15H2,1-10H3/t16-,17-,18+/m1/s1. The number of rotatable bonds is 4. The highest BCUT2D eigenvalue weighted by Crippen LogP contribution is 2.43. The van der Waals surface area contributed by atoms with E-state index in [9.17, 15) is 0 Å². The molecule has 2 rings (SSSR count). The zero-order chi connectivity index (χ0) is 19.3. The van der Waals surface area contributed by atoms with Crippen molar-refractivity contribution in [3.05, 3.63) is 12.2 Å². The molecule has 0 aromatic rings. The molecule has 0 bridgehead atoms. The van der Waals surface area contributed by atoms with Crippen molar-refractivity contribution in [2.24, 2.45) is 0 Å². The zero-order valence-corrected chi connectivity index (χ0v) is 20.3. The highest BCUT2D eigenvalue weighted by atomic mass is 28.4. The van der Waals surface area contributed by atoms with Crippen LogP contribution in [0.25, 0.3) is 0 Å². The van der Waals surface area contributed by atoms with E-state index in [2.05, 4.69) is 84.8 Å². The van der Waals surface area contributed by atoms with Crippen molar-refractivity contribution in [2.75, 3.05) is 13.1 Å². The molecule has 0 aromatic heterocycles. The quantitative estimate of drug-likeness (QED) is 0.478. The van der Waals surface area contributed by atoms with E-state index in [4.69, 9.17) is 8.85 Å². The molecular formula is C20H41NO2Si2. The summed E-state index contributed by atoms with van der Waals surface area (Å²) in [4.78, 5) is 2.58. The number of nitrogens with zero attached hydrogens (tertiary/aromatic N) is 1. The summed E-state index contributed by atoms with van der Waals surface area (Å²) in [5.41, 5.74) is 0. The summed E-state index contributed by atoms with van der Waals surface area (Å²) in [7, 11) is -3.65. The van der Waals surface area contributed by atoms with Crippen molar-refractivity contribution < 1.29 is 8.85 Å². The maximum absolute atomic E-state index is 6.95. The van der Waals surface area contributed by atoms with Gasteiger partial charge in [0.05, 0.1) is 18.2 Å². The van der Waals surface area contributed by atoms with Crippen molar-refractivity contribution in [2.45, 2.75) is 102 Å². The van der Waals surface area contributed by atoms with Crippen LogP contribution in [0.5, 0.6) is 0 Å². The van der Waals surface area contributed by atoms with Crippen LogP contribution in [0.15, 0.2) is 12.2 Å². The summed E-state index contributed by atoms with van der Waals surface area (Å²) >= 11 is 0. The molecule has 0 amide bonds. The lowest BCUT2D eigenvalue weighted by molar-refractivity contribution is 0.0605. The minimum absolute atomic E-state index is 0.173. The Hall–Kier alpha value is 0.0538. The molecule has 0 aromatic carbocycles. The third-order valence-electron chi connectivity index (χ3n) is 6.94. The third-order valence-corrected chi connectivity index (χ3v) is 15.9. The van der Waals surface area contributed by atoms with E-state index in [1.54, 1.807) is 0 Å². The Morgan fingerprint density at radius 1 is 0.880 bits per heavy atom. The first-order valence-electron chi connectivity index (χ1n) is 9.92. The minimum atomic E-state index is -1.83. The van der Waals surface area contributed by atoms with Crippen molar-refractivity contribution >= 4 is 16.6 Å². The average molecular weight is 384 g/mol. The molecule has 0 saturated carbocycles. The molecule has 0 aliphatic carbocycles. The van der Waals surface area contributed by atoms with E-state index in [1.807, 2.05) is 0 Å².